The molecule has 0 saturated carbocycles. The van der Waals surface area contributed by atoms with Crippen LogP contribution in [0.4, 0.5) is 11.4 Å². The van der Waals surface area contributed by atoms with Gasteiger partial charge in [-0.2, -0.15) is 0 Å². The van der Waals surface area contributed by atoms with Crippen LogP contribution in [0.2, 0.25) is 0 Å². The lowest BCUT2D eigenvalue weighted by Gasteiger charge is -2.18. The van der Waals surface area contributed by atoms with E-state index in [-0.39, 0.29) is 5.75 Å². The summed E-state index contributed by atoms with van der Waals surface area (Å²) < 4.78 is 25.3. The van der Waals surface area contributed by atoms with E-state index in [1.165, 1.54) is 7.11 Å². The molecule has 1 aromatic carbocycles. The van der Waals surface area contributed by atoms with Gasteiger partial charge in [0.05, 0.1) is 5.75 Å². The van der Waals surface area contributed by atoms with Gasteiger partial charge in [-0.05, 0) is 38.1 Å². The Bertz CT molecular complexity index is 538. The Balaban J connectivity index is 2.85. The fraction of sp³-hybridized carbons (Fsp3) is 0.417. The van der Waals surface area contributed by atoms with Gasteiger partial charge in [0.25, 0.3) is 0 Å². The van der Waals surface area contributed by atoms with Crippen LogP contribution >= 0.6 is 0 Å². The van der Waals surface area contributed by atoms with Crippen LogP contribution in [0.5, 0.6) is 0 Å². The molecule has 7 heteroatoms. The molecule has 0 aliphatic rings. The number of nitrogens with zero attached hydrogens (tertiary/aromatic N) is 2. The quantitative estimate of drug-likeness (QED) is 0.509. The lowest BCUT2D eigenvalue weighted by molar-refractivity contribution is 0.212. The minimum atomic E-state index is -3.24. The molecule has 106 valence electrons. The van der Waals surface area contributed by atoms with Crippen molar-refractivity contribution in [2.45, 2.75) is 13.8 Å². The van der Waals surface area contributed by atoms with E-state index in [0.29, 0.717) is 11.5 Å². The number of oxime groups is 1. The molecule has 0 bridgehead atoms. The third-order valence-corrected chi connectivity index (χ3v) is 3.92. The second-order valence-electron chi connectivity index (χ2n) is 3.93. The van der Waals surface area contributed by atoms with Gasteiger partial charge in [-0.25, -0.2) is 8.42 Å². The summed E-state index contributed by atoms with van der Waals surface area (Å²) in [6.07, 6.45) is 0. The molecule has 0 amide bonds. The van der Waals surface area contributed by atoms with E-state index in [4.69, 9.17) is 4.84 Å². The molecule has 0 heterocycles. The summed E-state index contributed by atoms with van der Waals surface area (Å²) in [4.78, 5) is 6.54. The molecule has 0 saturated heterocycles. The van der Waals surface area contributed by atoms with Crippen LogP contribution in [0.25, 0.3) is 0 Å². The van der Waals surface area contributed by atoms with Crippen molar-refractivity contribution in [1.29, 1.82) is 0 Å². The molecule has 1 N–H and O–H groups in total. The van der Waals surface area contributed by atoms with E-state index in [2.05, 4.69) is 9.88 Å². The van der Waals surface area contributed by atoms with Gasteiger partial charge in [0, 0.05) is 18.4 Å². The summed E-state index contributed by atoms with van der Waals surface area (Å²) in [7, 11) is 0.0984. The van der Waals surface area contributed by atoms with Crippen LogP contribution in [0.3, 0.4) is 0 Å². The van der Waals surface area contributed by atoms with Crippen LogP contribution < -0.4 is 9.62 Å². The topological polar surface area (TPSA) is 71.0 Å². The number of anilines is 2. The Hall–Kier alpha value is -1.76. The lowest BCUT2D eigenvalue weighted by Crippen LogP contribution is -2.23. The third-order valence-electron chi connectivity index (χ3n) is 2.62. The number of rotatable bonds is 5. The number of amidine groups is 1. The molecule has 19 heavy (non-hydrogen) atoms. The Labute approximate surface area is 114 Å². The van der Waals surface area contributed by atoms with Gasteiger partial charge in [0.2, 0.25) is 10.0 Å². The molecule has 0 atom stereocenters. The van der Waals surface area contributed by atoms with Gasteiger partial charge >= 0.3 is 0 Å². The van der Waals surface area contributed by atoms with Gasteiger partial charge in [-0.1, -0.05) is 5.16 Å². The monoisotopic (exact) mass is 285 g/mol. The summed E-state index contributed by atoms with van der Waals surface area (Å²) in [5.41, 5.74) is 1.43. The van der Waals surface area contributed by atoms with Crippen molar-refractivity contribution in [3.05, 3.63) is 24.3 Å². The molecule has 0 radical (unpaired) electrons. The SMILES string of the molecule is CCS(=O)(=O)Nc1ccc(N(C)C(C)=NOC)cc1. The molecular formula is C12H19N3O3S. The summed E-state index contributed by atoms with van der Waals surface area (Å²) in [5, 5.41) is 3.83. The first-order valence-corrected chi connectivity index (χ1v) is 7.47. The van der Waals surface area contributed by atoms with Gasteiger partial charge < -0.3 is 9.74 Å². The fourth-order valence-electron chi connectivity index (χ4n) is 1.38. The molecule has 0 unspecified atom stereocenters. The summed E-state index contributed by atoms with van der Waals surface area (Å²) >= 11 is 0. The predicted molar refractivity (Wildman–Crippen MR) is 78.0 cm³/mol. The van der Waals surface area contributed by atoms with Crippen molar-refractivity contribution in [3.8, 4) is 0 Å². The molecular weight excluding hydrogens is 266 g/mol. The number of hydrogen-bond acceptors (Lipinski definition) is 4. The maximum atomic E-state index is 11.4. The number of hydrogen-bond donors (Lipinski definition) is 1. The average Bonchev–Trinajstić information content (AvgIpc) is 2.38. The van der Waals surface area contributed by atoms with Crippen molar-refractivity contribution in [2.24, 2.45) is 5.16 Å². The number of nitrogens with one attached hydrogen (secondary N) is 1. The minimum Gasteiger partial charge on any atom is -0.398 e. The largest absolute Gasteiger partial charge is 0.398 e. The first kappa shape index (κ1) is 15.3. The molecule has 0 spiro atoms. The first-order chi connectivity index (χ1) is 8.89. The fourth-order valence-corrected chi connectivity index (χ4v) is 2.02. The highest BCUT2D eigenvalue weighted by atomic mass is 32.2. The van der Waals surface area contributed by atoms with Crippen molar-refractivity contribution < 1.29 is 13.3 Å². The van der Waals surface area contributed by atoms with Gasteiger partial charge in [0.1, 0.15) is 12.9 Å². The second kappa shape index (κ2) is 6.42. The maximum Gasteiger partial charge on any atom is 0.232 e. The Morgan fingerprint density at radius 2 is 1.95 bits per heavy atom. The zero-order valence-electron chi connectivity index (χ0n) is 11.5. The highest BCUT2D eigenvalue weighted by molar-refractivity contribution is 7.92. The summed E-state index contributed by atoms with van der Waals surface area (Å²) in [5.74, 6) is 0.748. The normalized spacial score (nSPS) is 12.1. The smallest absolute Gasteiger partial charge is 0.232 e. The minimum absolute atomic E-state index is 0.0499. The van der Waals surface area contributed by atoms with Gasteiger partial charge in [-0.15, -0.1) is 0 Å². The maximum absolute atomic E-state index is 11.4. The lowest BCUT2D eigenvalue weighted by atomic mass is 10.2. The molecule has 1 rings (SSSR count). The van der Waals surface area contributed by atoms with Crippen molar-refractivity contribution in [2.75, 3.05) is 29.5 Å². The van der Waals surface area contributed by atoms with Crippen LogP contribution in [0, 0.1) is 0 Å². The van der Waals surface area contributed by atoms with Crippen LogP contribution in [-0.4, -0.2) is 34.2 Å². The standard InChI is InChI=1S/C12H19N3O3S/c1-5-19(16,17)14-11-6-8-12(9-7-11)15(3)10(2)13-18-4/h6-9,14H,5H2,1-4H3. The Morgan fingerprint density at radius 3 is 2.42 bits per heavy atom. The van der Waals surface area contributed by atoms with E-state index >= 15 is 0 Å². The van der Waals surface area contributed by atoms with Crippen molar-refractivity contribution in [1.82, 2.24) is 0 Å². The van der Waals surface area contributed by atoms with E-state index in [1.54, 1.807) is 19.1 Å². The van der Waals surface area contributed by atoms with E-state index in [0.717, 1.165) is 5.69 Å². The summed E-state index contributed by atoms with van der Waals surface area (Å²) in [6, 6.07) is 7.03. The zero-order chi connectivity index (χ0) is 14.5. The van der Waals surface area contributed by atoms with Crippen molar-refractivity contribution >= 4 is 27.2 Å². The molecule has 0 fully saturated rings. The Morgan fingerprint density at radius 1 is 1.37 bits per heavy atom. The van der Waals surface area contributed by atoms with E-state index in [9.17, 15) is 8.42 Å². The molecule has 0 aliphatic carbocycles. The van der Waals surface area contributed by atoms with Crippen LogP contribution in [0.15, 0.2) is 29.4 Å². The first-order valence-electron chi connectivity index (χ1n) is 5.81. The predicted octanol–water partition coefficient (Wildman–Crippen LogP) is 1.86. The molecule has 6 nitrogen and oxygen atoms in total. The molecule has 0 aromatic heterocycles. The van der Waals surface area contributed by atoms with Gasteiger partial charge in [0.15, 0.2) is 0 Å². The molecule has 0 aliphatic heterocycles. The van der Waals surface area contributed by atoms with Crippen molar-refractivity contribution in [3.63, 3.8) is 0 Å². The van der Waals surface area contributed by atoms with Crippen LogP contribution in [-0.2, 0) is 14.9 Å². The highest BCUT2D eigenvalue weighted by Crippen LogP contribution is 2.18. The second-order valence-corrected chi connectivity index (χ2v) is 5.94. The van der Waals surface area contributed by atoms with E-state index in [1.807, 2.05) is 31.0 Å². The zero-order valence-corrected chi connectivity index (χ0v) is 12.4. The number of sulfonamides is 1. The van der Waals surface area contributed by atoms with E-state index < -0.39 is 10.0 Å². The van der Waals surface area contributed by atoms with Crippen LogP contribution in [0.1, 0.15) is 13.8 Å². The summed E-state index contributed by atoms with van der Waals surface area (Å²) in [6.45, 7) is 3.41. The average molecular weight is 285 g/mol. The van der Waals surface area contributed by atoms with Gasteiger partial charge in [-0.3, -0.25) is 4.72 Å². The molecule has 1 aromatic rings. The number of benzene rings is 1. The highest BCUT2D eigenvalue weighted by Gasteiger charge is 2.08. The third kappa shape index (κ3) is 4.44. The Kier molecular flexibility index (Phi) is 5.17.